The predicted molar refractivity (Wildman–Crippen MR) is 213 cm³/mol. The van der Waals surface area contributed by atoms with Gasteiger partial charge in [-0.1, -0.05) is 126 Å². The molecule has 2 aliphatic rings. The molecule has 2 saturated carbocycles. The van der Waals surface area contributed by atoms with Gasteiger partial charge in [-0.05, 0) is 61.0 Å². The average molecular weight is 775 g/mol. The van der Waals surface area contributed by atoms with Crippen LogP contribution in [-0.4, -0.2) is 9.52 Å². The van der Waals surface area contributed by atoms with Gasteiger partial charge in [0.1, 0.15) is 0 Å². The molecule has 0 spiro atoms. The summed E-state index contributed by atoms with van der Waals surface area (Å²) in [5, 5.41) is 5.74. The Morgan fingerprint density at radius 3 is 1.88 bits per heavy atom. The van der Waals surface area contributed by atoms with Crippen molar-refractivity contribution in [3.05, 3.63) is 107 Å². The van der Waals surface area contributed by atoms with Crippen LogP contribution in [-0.2, 0) is 27.3 Å². The van der Waals surface area contributed by atoms with E-state index in [1.807, 2.05) is 0 Å². The van der Waals surface area contributed by atoms with Crippen LogP contribution in [0.4, 0.5) is 0 Å². The molecular formula is C44H56Cl2SiZr. The van der Waals surface area contributed by atoms with Crippen molar-refractivity contribution >= 4 is 48.1 Å². The predicted octanol–water partition coefficient (Wildman–Crippen LogP) is 15.1. The van der Waals surface area contributed by atoms with Crippen molar-refractivity contribution in [2.75, 3.05) is 0 Å². The van der Waals surface area contributed by atoms with Crippen LogP contribution in [0.3, 0.4) is 0 Å². The van der Waals surface area contributed by atoms with Crippen molar-refractivity contribution in [2.24, 2.45) is 0 Å². The molecule has 0 bridgehead atoms. The Balaban J connectivity index is 0.000000189. The fourth-order valence-corrected chi connectivity index (χ4v) is 7.73. The summed E-state index contributed by atoms with van der Waals surface area (Å²) in [4.78, 5) is 0. The summed E-state index contributed by atoms with van der Waals surface area (Å²) in [6, 6.07) is 32.6. The quantitative estimate of drug-likeness (QED) is 0.119. The number of aryl methyl sites for hydroxylation is 1. The van der Waals surface area contributed by atoms with Gasteiger partial charge < -0.3 is 0 Å². The molecular weight excluding hydrogens is 719 g/mol. The summed E-state index contributed by atoms with van der Waals surface area (Å²) in [7, 11) is 11.0. The van der Waals surface area contributed by atoms with E-state index in [9.17, 15) is 0 Å². The minimum atomic E-state index is -0.826. The molecule has 4 heteroatoms. The number of hydrogen-bond donors (Lipinski definition) is 0. The number of hydrogen-bond acceptors (Lipinski definition) is 0. The van der Waals surface area contributed by atoms with Crippen molar-refractivity contribution in [3.8, 4) is 11.1 Å². The Morgan fingerprint density at radius 1 is 0.729 bits per heavy atom. The third kappa shape index (κ3) is 10.8. The van der Waals surface area contributed by atoms with Crippen molar-refractivity contribution in [3.63, 3.8) is 0 Å². The van der Waals surface area contributed by atoms with Crippen LogP contribution < -0.4 is 0 Å². The second-order valence-corrected chi connectivity index (χ2v) is 18.6. The molecule has 7 rings (SSSR count). The maximum atomic E-state index is 4.93. The van der Waals surface area contributed by atoms with Gasteiger partial charge >= 0.3 is 37.9 Å². The zero-order valence-corrected chi connectivity index (χ0v) is 35.0. The van der Waals surface area contributed by atoms with Gasteiger partial charge in [-0.3, -0.25) is 0 Å². The van der Waals surface area contributed by atoms with Gasteiger partial charge in [0.05, 0.1) is 0 Å². The van der Waals surface area contributed by atoms with Gasteiger partial charge in [-0.25, -0.2) is 0 Å². The van der Waals surface area contributed by atoms with Crippen LogP contribution in [0.25, 0.3) is 32.7 Å². The molecule has 48 heavy (non-hydrogen) atoms. The SMILES string of the molecule is CCC(C)c1cccc2[cH-]c(C3CCCCC3)cc12.CCc1cc2c(-c3ccc(C4CCCCC4)cc3)cccc2[cH-]1.C[Si]C.[Cl][Zr+2][Cl]. The fourth-order valence-electron chi connectivity index (χ4n) is 7.73. The Bertz CT molecular complexity index is 1620. The molecule has 1 unspecified atom stereocenters. The molecule has 5 aromatic rings. The van der Waals surface area contributed by atoms with Crippen molar-refractivity contribution < 1.29 is 20.8 Å². The molecule has 2 radical (unpaired) electrons. The fraction of sp³-hybridized carbons (Fsp3) is 0.455. The van der Waals surface area contributed by atoms with E-state index in [0.717, 1.165) is 27.8 Å². The van der Waals surface area contributed by atoms with Gasteiger partial charge in [0.2, 0.25) is 0 Å². The topological polar surface area (TPSA) is 0 Å². The molecule has 2 aliphatic carbocycles. The van der Waals surface area contributed by atoms with E-state index < -0.39 is 20.8 Å². The van der Waals surface area contributed by atoms with E-state index in [0.29, 0.717) is 5.92 Å². The van der Waals surface area contributed by atoms with E-state index in [2.05, 4.69) is 119 Å². The van der Waals surface area contributed by atoms with Crippen molar-refractivity contribution in [1.29, 1.82) is 0 Å². The zero-order chi connectivity index (χ0) is 34.3. The Hall–Kier alpha value is -1.44. The monoisotopic (exact) mass is 772 g/mol. The maximum absolute atomic E-state index is 4.93. The molecule has 0 aromatic heterocycles. The Labute approximate surface area is 313 Å². The van der Waals surface area contributed by atoms with Gasteiger partial charge in [0, 0.05) is 9.52 Å². The van der Waals surface area contributed by atoms with Gasteiger partial charge in [0.25, 0.3) is 0 Å². The van der Waals surface area contributed by atoms with Crippen molar-refractivity contribution in [1.82, 2.24) is 0 Å². The van der Waals surface area contributed by atoms with E-state index in [4.69, 9.17) is 17.0 Å². The second kappa shape index (κ2) is 21.0. The third-order valence-corrected chi connectivity index (χ3v) is 10.5. The normalized spacial score (nSPS) is 15.7. The van der Waals surface area contributed by atoms with E-state index in [-0.39, 0.29) is 0 Å². The van der Waals surface area contributed by atoms with Gasteiger partial charge in [0.15, 0.2) is 0 Å². The van der Waals surface area contributed by atoms with Crippen LogP contribution in [0.2, 0.25) is 13.1 Å². The summed E-state index contributed by atoms with van der Waals surface area (Å²) in [6.07, 6.45) is 16.4. The van der Waals surface area contributed by atoms with Gasteiger partial charge in [-0.15, -0.1) is 69.1 Å². The van der Waals surface area contributed by atoms with Crippen LogP contribution >= 0.6 is 17.0 Å². The Kier molecular flexibility index (Phi) is 17.3. The first-order chi connectivity index (χ1) is 23.5. The zero-order valence-electron chi connectivity index (χ0n) is 30.1. The average Bonchev–Trinajstić information content (AvgIpc) is 3.78. The Morgan fingerprint density at radius 2 is 1.29 bits per heavy atom. The molecule has 1 atom stereocenters. The summed E-state index contributed by atoms with van der Waals surface area (Å²) >= 11 is -0.826. The van der Waals surface area contributed by atoms with E-state index >= 15 is 0 Å². The number of fused-ring (bicyclic) bond motifs is 2. The van der Waals surface area contributed by atoms with Crippen LogP contribution in [0, 0.1) is 0 Å². The summed E-state index contributed by atoms with van der Waals surface area (Å²) < 4.78 is 0. The molecule has 0 saturated heterocycles. The first kappa shape index (κ1) is 39.3. The summed E-state index contributed by atoms with van der Waals surface area (Å²) in [5.74, 6) is 2.29. The first-order valence-electron chi connectivity index (χ1n) is 18.5. The number of benzene rings is 3. The standard InChI is InChI=1S/C23H25.C19H25.C2H6Si.2ClH.Zr/c1-2-17-15-21-9-6-10-22(23(21)16-17)20-13-11-19(12-14-20)18-7-4-3-5-8-18;1-3-14(2)18-11-7-10-16-12-17(13-19(16)18)15-8-5-4-6-9-15;1-3-2;;;/h6,9-16,18H,2-5,7-8H2,1H3;7,10-15H,3-6,8-9H2,1-2H3;1-2H3;2*1H;/q2*-1;;;;+4/p-2. The van der Waals surface area contributed by atoms with E-state index in [1.165, 1.54) is 114 Å². The molecule has 0 N–H and O–H groups in total. The summed E-state index contributed by atoms with van der Waals surface area (Å²) in [5.41, 5.74) is 8.84. The number of halogens is 2. The molecule has 0 aliphatic heterocycles. The molecule has 2 fully saturated rings. The van der Waals surface area contributed by atoms with Crippen LogP contribution in [0.15, 0.2) is 84.9 Å². The molecule has 0 amide bonds. The number of rotatable bonds is 6. The second-order valence-electron chi connectivity index (χ2n) is 13.8. The minimum absolute atomic E-state index is 0.672. The van der Waals surface area contributed by atoms with Crippen molar-refractivity contribution in [2.45, 2.75) is 129 Å². The van der Waals surface area contributed by atoms with Crippen LogP contribution in [0.5, 0.6) is 0 Å². The first-order valence-corrected chi connectivity index (χ1v) is 26.8. The molecule has 254 valence electrons. The van der Waals surface area contributed by atoms with E-state index in [1.54, 1.807) is 11.1 Å². The molecule has 0 nitrogen and oxygen atoms in total. The van der Waals surface area contributed by atoms with Crippen LogP contribution in [0.1, 0.15) is 131 Å². The summed E-state index contributed by atoms with van der Waals surface area (Å²) in [6.45, 7) is 11.2. The molecule has 5 aromatic carbocycles. The third-order valence-electron chi connectivity index (χ3n) is 10.5. The van der Waals surface area contributed by atoms with Gasteiger partial charge in [-0.2, -0.15) is 12.1 Å². The molecule has 0 heterocycles.